The summed E-state index contributed by atoms with van der Waals surface area (Å²) in [6, 6.07) is 8.41. The van der Waals surface area contributed by atoms with Crippen molar-refractivity contribution in [3.05, 3.63) is 29.8 Å². The van der Waals surface area contributed by atoms with Crippen LogP contribution in [-0.4, -0.2) is 38.9 Å². The van der Waals surface area contributed by atoms with Gasteiger partial charge < -0.3 is 20.1 Å². The number of hydrogen-bond donors (Lipinski definition) is 2. The van der Waals surface area contributed by atoms with Gasteiger partial charge in [0.05, 0.1) is 18.8 Å². The van der Waals surface area contributed by atoms with Crippen LogP contribution in [0, 0.1) is 5.92 Å². The maximum absolute atomic E-state index is 5.73. The fraction of sp³-hybridized carbons (Fsp3) is 0.632. The summed E-state index contributed by atoms with van der Waals surface area (Å²) in [6.07, 6.45) is 2.58. The van der Waals surface area contributed by atoms with E-state index in [2.05, 4.69) is 48.5 Å². The average Bonchev–Trinajstić information content (AvgIpc) is 3.10. The van der Waals surface area contributed by atoms with Crippen molar-refractivity contribution >= 4 is 29.9 Å². The Morgan fingerprint density at radius 1 is 1.28 bits per heavy atom. The summed E-state index contributed by atoms with van der Waals surface area (Å²) in [5, 5.41) is 6.76. The van der Waals surface area contributed by atoms with Crippen molar-refractivity contribution in [3.8, 4) is 5.75 Å². The maximum Gasteiger partial charge on any atom is 0.191 e. The van der Waals surface area contributed by atoms with Crippen molar-refractivity contribution < 1.29 is 9.47 Å². The topological polar surface area (TPSA) is 54.9 Å². The molecule has 1 aliphatic rings. The highest BCUT2D eigenvalue weighted by atomic mass is 127. The fourth-order valence-corrected chi connectivity index (χ4v) is 2.61. The van der Waals surface area contributed by atoms with Crippen LogP contribution >= 0.6 is 24.0 Å². The summed E-state index contributed by atoms with van der Waals surface area (Å²) >= 11 is 0. The van der Waals surface area contributed by atoms with E-state index in [1.807, 2.05) is 12.1 Å². The number of hydrogen-bond acceptors (Lipinski definition) is 3. The third kappa shape index (κ3) is 7.81. The Balaban J connectivity index is 0.00000312. The number of benzene rings is 1. The molecule has 0 saturated carbocycles. The lowest BCUT2D eigenvalue weighted by Gasteiger charge is -2.20. The number of aliphatic imine (C=N–C) groups is 1. The summed E-state index contributed by atoms with van der Waals surface area (Å²) in [5.74, 6) is 2.25. The first-order valence-electron chi connectivity index (χ1n) is 8.90. The molecule has 0 spiro atoms. The number of rotatable bonds is 7. The Bertz CT molecular complexity index is 514. The van der Waals surface area contributed by atoms with Gasteiger partial charge in [-0.05, 0) is 43.4 Å². The Hall–Kier alpha value is -1.02. The molecule has 2 N–H and O–H groups in total. The number of halogens is 1. The minimum atomic E-state index is 0. The summed E-state index contributed by atoms with van der Waals surface area (Å²) in [7, 11) is 1.79. The molecule has 1 saturated heterocycles. The minimum absolute atomic E-state index is 0. The molecule has 5 nitrogen and oxygen atoms in total. The molecule has 2 unspecified atom stereocenters. The van der Waals surface area contributed by atoms with E-state index in [1.54, 1.807) is 7.05 Å². The molecule has 1 heterocycles. The van der Waals surface area contributed by atoms with Crippen molar-refractivity contribution in [2.75, 3.05) is 26.8 Å². The van der Waals surface area contributed by atoms with Crippen LogP contribution in [0.5, 0.6) is 5.75 Å². The summed E-state index contributed by atoms with van der Waals surface area (Å²) in [5.41, 5.74) is 1.20. The molecule has 0 aromatic heterocycles. The second-order valence-electron chi connectivity index (χ2n) is 6.73. The molecular formula is C19H32IN3O2. The first-order chi connectivity index (χ1) is 11.6. The second kappa shape index (κ2) is 11.6. The highest BCUT2D eigenvalue weighted by Gasteiger charge is 2.16. The highest BCUT2D eigenvalue weighted by molar-refractivity contribution is 14.0. The molecule has 0 amide bonds. The summed E-state index contributed by atoms with van der Waals surface area (Å²) in [4.78, 5) is 4.30. The normalized spacial score (nSPS) is 18.6. The fourth-order valence-electron chi connectivity index (χ4n) is 2.61. The lowest BCUT2D eigenvalue weighted by Crippen LogP contribution is -2.42. The lowest BCUT2D eigenvalue weighted by atomic mass is 10.1. The Kier molecular flexibility index (Phi) is 10.2. The van der Waals surface area contributed by atoms with E-state index in [-0.39, 0.29) is 30.0 Å². The van der Waals surface area contributed by atoms with E-state index in [0.29, 0.717) is 12.0 Å². The Morgan fingerprint density at radius 3 is 2.56 bits per heavy atom. The molecule has 0 aliphatic carbocycles. The molecule has 1 aromatic carbocycles. The summed E-state index contributed by atoms with van der Waals surface area (Å²) < 4.78 is 11.4. The third-order valence-corrected chi connectivity index (χ3v) is 4.06. The van der Waals surface area contributed by atoms with Crippen LogP contribution in [0.2, 0.25) is 0 Å². The van der Waals surface area contributed by atoms with Crippen LogP contribution in [0.4, 0.5) is 0 Å². The Labute approximate surface area is 169 Å². The molecule has 25 heavy (non-hydrogen) atoms. The van der Waals surface area contributed by atoms with Gasteiger partial charge in [-0.25, -0.2) is 0 Å². The first-order valence-corrected chi connectivity index (χ1v) is 8.90. The number of nitrogens with one attached hydrogen (secondary N) is 2. The van der Waals surface area contributed by atoms with Crippen LogP contribution in [0.15, 0.2) is 29.3 Å². The largest absolute Gasteiger partial charge is 0.493 e. The quantitative estimate of drug-likeness (QED) is 0.369. The van der Waals surface area contributed by atoms with Gasteiger partial charge in [0, 0.05) is 20.2 Å². The molecule has 6 heteroatoms. The lowest BCUT2D eigenvalue weighted by molar-refractivity contribution is 0.113. The first kappa shape index (κ1) is 22.0. The molecular weight excluding hydrogens is 429 g/mol. The number of ether oxygens (including phenoxy) is 2. The van der Waals surface area contributed by atoms with E-state index in [9.17, 15) is 0 Å². The van der Waals surface area contributed by atoms with Crippen LogP contribution in [0.3, 0.4) is 0 Å². The van der Waals surface area contributed by atoms with Crippen molar-refractivity contribution in [1.29, 1.82) is 0 Å². The monoisotopic (exact) mass is 461 g/mol. The zero-order chi connectivity index (χ0) is 17.4. The minimum Gasteiger partial charge on any atom is -0.493 e. The van der Waals surface area contributed by atoms with Gasteiger partial charge >= 0.3 is 0 Å². The SMILES string of the molecule is CN=C(NCC1CCCO1)NC(C)c1ccc(OCC(C)C)cc1.I. The zero-order valence-electron chi connectivity index (χ0n) is 15.7. The second-order valence-corrected chi connectivity index (χ2v) is 6.73. The van der Waals surface area contributed by atoms with E-state index >= 15 is 0 Å². The van der Waals surface area contributed by atoms with E-state index < -0.39 is 0 Å². The van der Waals surface area contributed by atoms with Gasteiger partial charge in [-0.1, -0.05) is 26.0 Å². The van der Waals surface area contributed by atoms with Gasteiger partial charge in [0.1, 0.15) is 5.75 Å². The van der Waals surface area contributed by atoms with Crippen molar-refractivity contribution in [1.82, 2.24) is 10.6 Å². The molecule has 0 bridgehead atoms. The predicted octanol–water partition coefficient (Wildman–Crippen LogP) is 3.74. The van der Waals surface area contributed by atoms with E-state index in [1.165, 1.54) is 5.56 Å². The summed E-state index contributed by atoms with van der Waals surface area (Å²) in [6.45, 7) is 8.84. The van der Waals surface area contributed by atoms with E-state index in [4.69, 9.17) is 9.47 Å². The number of nitrogens with zero attached hydrogens (tertiary/aromatic N) is 1. The smallest absolute Gasteiger partial charge is 0.191 e. The molecule has 1 aliphatic heterocycles. The van der Waals surface area contributed by atoms with Crippen LogP contribution < -0.4 is 15.4 Å². The van der Waals surface area contributed by atoms with Crippen LogP contribution in [-0.2, 0) is 4.74 Å². The standard InChI is InChI=1S/C19H31N3O2.HI/c1-14(2)13-24-17-9-7-16(8-10-17)15(3)22-19(20-4)21-12-18-6-5-11-23-18;/h7-10,14-15,18H,5-6,11-13H2,1-4H3,(H2,20,21,22);1H. The molecule has 0 radical (unpaired) electrons. The zero-order valence-corrected chi connectivity index (χ0v) is 18.1. The van der Waals surface area contributed by atoms with Crippen LogP contribution in [0.1, 0.15) is 45.2 Å². The van der Waals surface area contributed by atoms with E-state index in [0.717, 1.165) is 44.3 Å². The van der Waals surface area contributed by atoms with Gasteiger partial charge in [-0.15, -0.1) is 24.0 Å². The molecule has 2 atom stereocenters. The molecule has 2 rings (SSSR count). The maximum atomic E-state index is 5.73. The van der Waals surface area contributed by atoms with Gasteiger partial charge in [0.25, 0.3) is 0 Å². The van der Waals surface area contributed by atoms with Gasteiger partial charge in [0.15, 0.2) is 5.96 Å². The van der Waals surface area contributed by atoms with Gasteiger partial charge in [0.2, 0.25) is 0 Å². The van der Waals surface area contributed by atoms with Gasteiger partial charge in [-0.2, -0.15) is 0 Å². The highest BCUT2D eigenvalue weighted by Crippen LogP contribution is 2.18. The third-order valence-electron chi connectivity index (χ3n) is 4.06. The Morgan fingerprint density at radius 2 is 2.00 bits per heavy atom. The van der Waals surface area contributed by atoms with Crippen molar-refractivity contribution in [3.63, 3.8) is 0 Å². The van der Waals surface area contributed by atoms with Gasteiger partial charge in [-0.3, -0.25) is 4.99 Å². The molecule has 1 aromatic rings. The van der Waals surface area contributed by atoms with Crippen molar-refractivity contribution in [2.45, 2.75) is 45.8 Å². The molecule has 1 fully saturated rings. The predicted molar refractivity (Wildman–Crippen MR) is 114 cm³/mol. The molecule has 142 valence electrons. The number of guanidine groups is 1. The average molecular weight is 461 g/mol. The van der Waals surface area contributed by atoms with Crippen molar-refractivity contribution in [2.24, 2.45) is 10.9 Å². The van der Waals surface area contributed by atoms with Crippen LogP contribution in [0.25, 0.3) is 0 Å².